The summed E-state index contributed by atoms with van der Waals surface area (Å²) in [5, 5.41) is 4.03. The molecule has 50 valence electrons. The summed E-state index contributed by atoms with van der Waals surface area (Å²) in [5.74, 6) is 0.666. The second-order valence-corrected chi connectivity index (χ2v) is 2.04. The number of hydrogen-bond acceptors (Lipinski definition) is 3. The van der Waals surface area contributed by atoms with Crippen LogP contribution in [0.25, 0.3) is 0 Å². The zero-order valence-electron chi connectivity index (χ0n) is 4.80. The Balaban J connectivity index is 2.69. The van der Waals surface area contributed by atoms with Gasteiger partial charge >= 0.3 is 0 Å². The van der Waals surface area contributed by atoms with Crippen molar-refractivity contribution < 1.29 is 4.52 Å². The van der Waals surface area contributed by atoms with Gasteiger partial charge < -0.3 is 10.3 Å². The van der Waals surface area contributed by atoms with Gasteiger partial charge in [0.05, 0.1) is 6.20 Å². The van der Waals surface area contributed by atoms with E-state index in [1.807, 2.05) is 0 Å². The Hall–Kier alpha value is -0.540. The van der Waals surface area contributed by atoms with Crippen LogP contribution in [0, 0.1) is 0 Å². The predicted octanol–water partition coefficient (Wildman–Crippen LogP) is 0.829. The summed E-state index contributed by atoms with van der Waals surface area (Å²) >= 11 is 5.61. The van der Waals surface area contributed by atoms with E-state index >= 15 is 0 Å². The van der Waals surface area contributed by atoms with Gasteiger partial charge in [-0.05, 0) is 6.54 Å². The molecule has 1 aromatic heterocycles. The Morgan fingerprint density at radius 1 is 1.78 bits per heavy atom. The van der Waals surface area contributed by atoms with Crippen molar-refractivity contribution in [1.82, 2.24) is 5.16 Å². The Labute approximate surface area is 57.8 Å². The SMILES string of the molecule is NCCc1oncc1Cl. The first-order valence-electron chi connectivity index (χ1n) is 2.63. The van der Waals surface area contributed by atoms with Crippen LogP contribution in [0.1, 0.15) is 5.76 Å². The van der Waals surface area contributed by atoms with Gasteiger partial charge in [0.15, 0.2) is 5.76 Å². The molecule has 4 heteroatoms. The number of aromatic nitrogens is 1. The lowest BCUT2D eigenvalue weighted by Gasteiger charge is -1.87. The molecule has 0 atom stereocenters. The largest absolute Gasteiger partial charge is 0.360 e. The van der Waals surface area contributed by atoms with Crippen LogP contribution in [0.2, 0.25) is 5.02 Å². The fourth-order valence-corrected chi connectivity index (χ4v) is 0.717. The number of nitrogens with two attached hydrogens (primary N) is 1. The van der Waals surface area contributed by atoms with Crippen LogP contribution < -0.4 is 5.73 Å². The second kappa shape index (κ2) is 2.85. The van der Waals surface area contributed by atoms with E-state index in [0.717, 1.165) is 0 Å². The van der Waals surface area contributed by atoms with E-state index in [2.05, 4.69) is 5.16 Å². The van der Waals surface area contributed by atoms with Gasteiger partial charge in [-0.1, -0.05) is 16.8 Å². The minimum absolute atomic E-state index is 0.537. The van der Waals surface area contributed by atoms with Crippen molar-refractivity contribution in [3.8, 4) is 0 Å². The molecule has 0 amide bonds. The highest BCUT2D eigenvalue weighted by Crippen LogP contribution is 2.13. The van der Waals surface area contributed by atoms with E-state index in [1.54, 1.807) is 0 Å². The first-order valence-corrected chi connectivity index (χ1v) is 3.01. The molecule has 1 aromatic rings. The van der Waals surface area contributed by atoms with Crippen molar-refractivity contribution in [3.05, 3.63) is 17.0 Å². The van der Waals surface area contributed by atoms with Crippen molar-refractivity contribution >= 4 is 11.6 Å². The highest BCUT2D eigenvalue weighted by atomic mass is 35.5. The molecule has 0 saturated carbocycles. The fourth-order valence-electron chi connectivity index (χ4n) is 0.548. The van der Waals surface area contributed by atoms with Gasteiger partial charge in [-0.25, -0.2) is 0 Å². The Morgan fingerprint density at radius 3 is 3.00 bits per heavy atom. The molecule has 1 heterocycles. The topological polar surface area (TPSA) is 52.0 Å². The summed E-state index contributed by atoms with van der Waals surface area (Å²) < 4.78 is 4.74. The maximum absolute atomic E-state index is 5.61. The molecule has 0 aliphatic heterocycles. The normalized spacial score (nSPS) is 10.0. The molecule has 0 radical (unpaired) electrons. The number of halogens is 1. The minimum atomic E-state index is 0.537. The monoisotopic (exact) mass is 146 g/mol. The maximum Gasteiger partial charge on any atom is 0.156 e. The average Bonchev–Trinajstić information content (AvgIpc) is 2.18. The van der Waals surface area contributed by atoms with Crippen molar-refractivity contribution in [2.75, 3.05) is 6.54 Å². The molecule has 3 nitrogen and oxygen atoms in total. The number of nitrogens with zero attached hydrogens (tertiary/aromatic N) is 1. The number of hydrogen-bond donors (Lipinski definition) is 1. The van der Waals surface area contributed by atoms with E-state index in [4.69, 9.17) is 21.9 Å². The van der Waals surface area contributed by atoms with Crippen LogP contribution in [0.15, 0.2) is 10.7 Å². The fraction of sp³-hybridized carbons (Fsp3) is 0.400. The average molecular weight is 147 g/mol. The molecule has 0 spiro atoms. The Kier molecular flexibility index (Phi) is 2.08. The summed E-state index contributed by atoms with van der Waals surface area (Å²) in [7, 11) is 0. The van der Waals surface area contributed by atoms with Crippen LogP contribution >= 0.6 is 11.6 Å². The molecule has 0 aromatic carbocycles. The van der Waals surface area contributed by atoms with E-state index < -0.39 is 0 Å². The van der Waals surface area contributed by atoms with Gasteiger partial charge in [0.2, 0.25) is 0 Å². The van der Waals surface area contributed by atoms with Gasteiger partial charge in [0, 0.05) is 6.42 Å². The Bertz CT molecular complexity index is 187. The summed E-state index contributed by atoms with van der Waals surface area (Å²) in [6.07, 6.45) is 2.12. The quantitative estimate of drug-likeness (QED) is 0.673. The Morgan fingerprint density at radius 2 is 2.56 bits per heavy atom. The third-order valence-electron chi connectivity index (χ3n) is 0.967. The summed E-state index contributed by atoms with van der Waals surface area (Å²) in [6, 6.07) is 0. The molecule has 0 fully saturated rings. The smallest absolute Gasteiger partial charge is 0.156 e. The molecule has 1 rings (SSSR count). The highest BCUT2D eigenvalue weighted by molar-refractivity contribution is 6.31. The van der Waals surface area contributed by atoms with Crippen LogP contribution in [0.4, 0.5) is 0 Å². The van der Waals surface area contributed by atoms with Crippen molar-refractivity contribution in [3.63, 3.8) is 0 Å². The van der Waals surface area contributed by atoms with Gasteiger partial charge in [0.25, 0.3) is 0 Å². The number of rotatable bonds is 2. The molecule has 0 saturated heterocycles. The van der Waals surface area contributed by atoms with Gasteiger partial charge in [0.1, 0.15) is 5.02 Å². The summed E-state index contributed by atoms with van der Waals surface area (Å²) in [5.41, 5.74) is 5.24. The zero-order valence-corrected chi connectivity index (χ0v) is 5.56. The first-order chi connectivity index (χ1) is 4.34. The van der Waals surface area contributed by atoms with Gasteiger partial charge in [-0.15, -0.1) is 0 Å². The predicted molar refractivity (Wildman–Crippen MR) is 34.3 cm³/mol. The maximum atomic E-state index is 5.61. The molecule has 9 heavy (non-hydrogen) atoms. The molecule has 0 aliphatic carbocycles. The van der Waals surface area contributed by atoms with Crippen molar-refractivity contribution in [2.24, 2.45) is 5.73 Å². The van der Waals surface area contributed by atoms with E-state index in [0.29, 0.717) is 23.7 Å². The van der Waals surface area contributed by atoms with Crippen LogP contribution in [0.5, 0.6) is 0 Å². The van der Waals surface area contributed by atoms with Crippen LogP contribution in [-0.4, -0.2) is 11.7 Å². The lowest BCUT2D eigenvalue weighted by molar-refractivity contribution is 0.384. The molecule has 2 N–H and O–H groups in total. The van der Waals surface area contributed by atoms with Crippen molar-refractivity contribution in [2.45, 2.75) is 6.42 Å². The molecule has 0 bridgehead atoms. The van der Waals surface area contributed by atoms with E-state index in [9.17, 15) is 0 Å². The van der Waals surface area contributed by atoms with E-state index in [1.165, 1.54) is 6.20 Å². The van der Waals surface area contributed by atoms with Crippen LogP contribution in [-0.2, 0) is 6.42 Å². The standard InChI is InChI=1S/C5H7ClN2O/c6-4-3-8-9-5(4)1-2-7/h3H,1-2,7H2. The summed E-state index contributed by atoms with van der Waals surface area (Å²) in [6.45, 7) is 0.537. The summed E-state index contributed by atoms with van der Waals surface area (Å²) in [4.78, 5) is 0. The molecule has 0 aliphatic rings. The highest BCUT2D eigenvalue weighted by Gasteiger charge is 2.01. The van der Waals surface area contributed by atoms with Gasteiger partial charge in [-0.2, -0.15) is 0 Å². The third kappa shape index (κ3) is 1.43. The minimum Gasteiger partial charge on any atom is -0.360 e. The molecular formula is C5H7ClN2O. The molecular weight excluding hydrogens is 140 g/mol. The van der Waals surface area contributed by atoms with E-state index in [-0.39, 0.29) is 0 Å². The third-order valence-corrected chi connectivity index (χ3v) is 1.28. The lowest BCUT2D eigenvalue weighted by Crippen LogP contribution is -2.01. The van der Waals surface area contributed by atoms with Gasteiger partial charge in [-0.3, -0.25) is 0 Å². The second-order valence-electron chi connectivity index (χ2n) is 1.64. The first kappa shape index (κ1) is 6.58. The molecule has 0 unspecified atom stereocenters. The zero-order chi connectivity index (χ0) is 6.69. The van der Waals surface area contributed by atoms with Crippen molar-refractivity contribution in [1.29, 1.82) is 0 Å². The lowest BCUT2D eigenvalue weighted by atomic mass is 10.3. The van der Waals surface area contributed by atoms with Crippen LogP contribution in [0.3, 0.4) is 0 Å².